The molecule has 2 aliphatic heterocycles. The molecule has 1 aliphatic carbocycles. The van der Waals surface area contributed by atoms with Gasteiger partial charge >= 0.3 is 12.1 Å². The third-order valence-corrected chi connectivity index (χ3v) is 8.04. The fourth-order valence-corrected chi connectivity index (χ4v) is 5.25. The van der Waals surface area contributed by atoms with Crippen molar-refractivity contribution < 1.29 is 33.4 Å². The summed E-state index contributed by atoms with van der Waals surface area (Å²) in [6.07, 6.45) is 8.85. The molecule has 3 aliphatic rings. The van der Waals surface area contributed by atoms with E-state index in [0.29, 0.717) is 35.6 Å². The lowest BCUT2D eigenvalue weighted by molar-refractivity contribution is 0.0246. The van der Waals surface area contributed by atoms with Crippen molar-refractivity contribution in [2.24, 2.45) is 0 Å². The summed E-state index contributed by atoms with van der Waals surface area (Å²) in [5.74, 6) is -0.854. The van der Waals surface area contributed by atoms with E-state index in [0.717, 1.165) is 33.7 Å². The van der Waals surface area contributed by atoms with Crippen LogP contribution in [0, 0.1) is 29.6 Å². The highest BCUT2D eigenvalue weighted by atomic mass is 16.6. The fraction of sp³-hybridized carbons (Fsp3) is 0.385. The zero-order valence-electron chi connectivity index (χ0n) is 42.4. The largest absolute Gasteiger partial charge is 0.464 e. The van der Waals surface area contributed by atoms with E-state index < -0.39 is 23.6 Å². The highest BCUT2D eigenvalue weighted by molar-refractivity contribution is 6.05. The molecule has 364 valence electrons. The van der Waals surface area contributed by atoms with Crippen LogP contribution in [0.3, 0.4) is 0 Å². The monoisotopic (exact) mass is 932 g/mol. The molecule has 8 rings (SSSR count). The van der Waals surface area contributed by atoms with Crippen LogP contribution < -0.4 is 5.32 Å². The number of esters is 1. The molecule has 0 unspecified atom stereocenters. The summed E-state index contributed by atoms with van der Waals surface area (Å²) in [5.41, 5.74) is 5.55. The first-order chi connectivity index (χ1) is 32.8. The van der Waals surface area contributed by atoms with E-state index in [1.807, 2.05) is 113 Å². The van der Waals surface area contributed by atoms with Gasteiger partial charge in [0.15, 0.2) is 11.5 Å². The van der Waals surface area contributed by atoms with Gasteiger partial charge < -0.3 is 14.8 Å². The Bertz CT molecular complexity index is 2340. The first-order valence-electron chi connectivity index (χ1n) is 22.7. The van der Waals surface area contributed by atoms with E-state index in [1.54, 1.807) is 69.7 Å². The van der Waals surface area contributed by atoms with Crippen LogP contribution in [-0.4, -0.2) is 72.2 Å². The van der Waals surface area contributed by atoms with Crippen LogP contribution in [0.15, 0.2) is 91.6 Å². The molecule has 68 heavy (non-hydrogen) atoms. The van der Waals surface area contributed by atoms with Crippen LogP contribution >= 0.6 is 0 Å². The summed E-state index contributed by atoms with van der Waals surface area (Å²) in [4.78, 5) is 77.1. The number of methoxy groups -OCH3 is 1. The van der Waals surface area contributed by atoms with E-state index in [9.17, 15) is 24.0 Å². The highest BCUT2D eigenvalue weighted by Gasteiger charge is 2.35. The Kier molecular flexibility index (Phi) is 32.6. The average Bonchev–Trinajstić information content (AvgIpc) is 4.08. The minimum Gasteiger partial charge on any atom is -0.464 e. The number of ether oxygens (including phenoxy) is 2. The van der Waals surface area contributed by atoms with Gasteiger partial charge in [0.25, 0.3) is 11.8 Å². The molecule has 0 saturated carbocycles. The minimum atomic E-state index is -0.625. The molecular formula is C52H69N9O7. The second kappa shape index (κ2) is 35.5. The van der Waals surface area contributed by atoms with Gasteiger partial charge in [-0.25, -0.2) is 19.5 Å². The first-order valence-corrected chi connectivity index (χ1v) is 22.7. The number of aromatic nitrogens is 5. The van der Waals surface area contributed by atoms with Crippen LogP contribution in [0.1, 0.15) is 172 Å². The second-order valence-electron chi connectivity index (χ2n) is 13.3. The number of imide groups is 1. The van der Waals surface area contributed by atoms with E-state index in [-0.39, 0.29) is 29.5 Å². The molecule has 16 heteroatoms. The van der Waals surface area contributed by atoms with Crippen LogP contribution in [0.5, 0.6) is 0 Å². The van der Waals surface area contributed by atoms with Crippen molar-refractivity contribution in [3.8, 4) is 12.1 Å². The van der Waals surface area contributed by atoms with E-state index in [2.05, 4.69) is 35.0 Å². The van der Waals surface area contributed by atoms with Gasteiger partial charge in [-0.3, -0.25) is 34.3 Å². The number of carbonyl (C=O) groups is 5. The van der Waals surface area contributed by atoms with Crippen molar-refractivity contribution in [1.29, 1.82) is 10.5 Å². The quantitative estimate of drug-likeness (QED) is 0.154. The number of ketones is 1. The van der Waals surface area contributed by atoms with Crippen LogP contribution in [-0.2, 0) is 29.0 Å². The molecular weight excluding hydrogens is 863 g/mol. The molecule has 7 heterocycles. The molecule has 3 amide bonds. The summed E-state index contributed by atoms with van der Waals surface area (Å²) in [5, 5.41) is 19.7. The Morgan fingerprint density at radius 3 is 1.57 bits per heavy atom. The first kappa shape index (κ1) is 62.4. The van der Waals surface area contributed by atoms with Gasteiger partial charge in [-0.05, 0) is 82.1 Å². The van der Waals surface area contributed by atoms with Crippen molar-refractivity contribution in [3.05, 3.63) is 148 Å². The standard InChI is InChI=1S/C12H14N2O3.C8H6N2O2.C8H7NO.C7H6N2O.C7H6N2.5C2H6/c1-12(2,3)17-11(16)14-7-8-5-4-6-13-9(8)10(14)15;1-12-8(11)7-6(5-9)3-2-4-10-7;10-7-4-3-6-2-1-5-9-8(6)7;10-7-6-5(4-9-7)2-1-3-8-6;1-6-7(5-8)3-2-4-9-6;5*1-2/h4-6H,7H2,1-3H3;2-4H,1H3;1-2,5H,3-4H2;1-3H,4H2,(H,9,10);2-4H,1H3;5*1-2H3. The Balaban J connectivity index is 0. The summed E-state index contributed by atoms with van der Waals surface area (Å²) >= 11 is 0. The Labute approximate surface area is 403 Å². The second-order valence-corrected chi connectivity index (χ2v) is 13.3. The number of rotatable bonds is 1. The van der Waals surface area contributed by atoms with E-state index in [4.69, 9.17) is 15.3 Å². The minimum absolute atomic E-state index is 0.0579. The zero-order chi connectivity index (χ0) is 52.2. The van der Waals surface area contributed by atoms with Gasteiger partial charge in [0.1, 0.15) is 34.8 Å². The molecule has 0 spiro atoms. The van der Waals surface area contributed by atoms with Gasteiger partial charge in [-0.1, -0.05) is 87.4 Å². The summed E-state index contributed by atoms with van der Waals surface area (Å²) < 4.78 is 9.59. The van der Waals surface area contributed by atoms with Crippen LogP contribution in [0.2, 0.25) is 0 Å². The number of aryl methyl sites for hydroxylation is 2. The zero-order valence-corrected chi connectivity index (χ0v) is 42.4. The van der Waals surface area contributed by atoms with E-state index in [1.165, 1.54) is 25.6 Å². The molecule has 0 atom stereocenters. The Morgan fingerprint density at radius 1 is 0.632 bits per heavy atom. The maximum Gasteiger partial charge on any atom is 0.417 e. The van der Waals surface area contributed by atoms with Gasteiger partial charge in [0.2, 0.25) is 0 Å². The summed E-state index contributed by atoms with van der Waals surface area (Å²) in [7, 11) is 1.25. The Hall–Kier alpha value is -7.72. The molecule has 0 radical (unpaired) electrons. The number of nitriles is 2. The lowest BCUT2D eigenvalue weighted by atomic mass is 10.2. The molecule has 5 aromatic rings. The average molecular weight is 932 g/mol. The number of hydrogen-bond acceptors (Lipinski definition) is 14. The number of amides is 3. The predicted molar refractivity (Wildman–Crippen MR) is 263 cm³/mol. The number of Topliss-reactive ketones (excluding diaryl/α,β-unsaturated/α-hetero) is 1. The van der Waals surface area contributed by atoms with Crippen LogP contribution in [0.4, 0.5) is 4.79 Å². The van der Waals surface area contributed by atoms with Gasteiger partial charge in [-0.15, -0.1) is 0 Å². The molecule has 1 N–H and O–H groups in total. The SMILES string of the molecule is CC.CC.CC.CC.CC.CC(C)(C)OC(=O)N1Cc2cccnc2C1=O.COC(=O)c1ncccc1C#N.Cc1ncccc1C#N.O=C1CCc2cccnc21.O=C1NCc2cccnc21. The van der Waals surface area contributed by atoms with E-state index >= 15 is 0 Å². The van der Waals surface area contributed by atoms with Crippen molar-refractivity contribution in [2.75, 3.05) is 7.11 Å². The van der Waals surface area contributed by atoms with Crippen molar-refractivity contribution in [2.45, 2.75) is 128 Å². The lowest BCUT2D eigenvalue weighted by Gasteiger charge is -2.23. The summed E-state index contributed by atoms with van der Waals surface area (Å²) in [6, 6.07) is 21.6. The molecule has 0 fully saturated rings. The third kappa shape index (κ3) is 20.6. The van der Waals surface area contributed by atoms with Crippen molar-refractivity contribution in [1.82, 2.24) is 35.1 Å². The molecule has 0 bridgehead atoms. The number of fused-ring (bicyclic) bond motifs is 3. The normalized spacial score (nSPS) is 11.2. The maximum absolute atomic E-state index is 11.9. The smallest absolute Gasteiger partial charge is 0.417 e. The number of carbonyl (C=O) groups excluding carboxylic acids is 5. The lowest BCUT2D eigenvalue weighted by Crippen LogP contribution is -2.37. The molecule has 0 saturated heterocycles. The number of pyridine rings is 5. The van der Waals surface area contributed by atoms with Gasteiger partial charge in [-0.2, -0.15) is 10.5 Å². The number of nitrogens with zero attached hydrogens (tertiary/aromatic N) is 8. The molecule has 5 aromatic heterocycles. The predicted octanol–water partition coefficient (Wildman–Crippen LogP) is 10.6. The summed E-state index contributed by atoms with van der Waals surface area (Å²) in [6.45, 7) is 28.0. The molecule has 0 aromatic carbocycles. The fourth-order valence-electron chi connectivity index (χ4n) is 5.25. The van der Waals surface area contributed by atoms with Crippen LogP contribution in [0.25, 0.3) is 0 Å². The third-order valence-electron chi connectivity index (χ3n) is 8.04. The maximum atomic E-state index is 11.9. The van der Waals surface area contributed by atoms with Crippen molar-refractivity contribution in [3.63, 3.8) is 0 Å². The number of nitrogens with one attached hydrogen (secondary N) is 1. The van der Waals surface area contributed by atoms with Crippen molar-refractivity contribution >= 4 is 29.7 Å². The Morgan fingerprint density at radius 2 is 1.10 bits per heavy atom. The highest BCUT2D eigenvalue weighted by Crippen LogP contribution is 2.23. The number of hydrogen-bond donors (Lipinski definition) is 1. The van der Waals surface area contributed by atoms with Gasteiger partial charge in [0, 0.05) is 55.1 Å². The van der Waals surface area contributed by atoms with Gasteiger partial charge in [0.05, 0.1) is 30.5 Å². The molecule has 16 nitrogen and oxygen atoms in total. The topological polar surface area (TPSA) is 231 Å².